The average Bonchev–Trinajstić information content (AvgIpc) is 2.64. The molecule has 1 fully saturated rings. The van der Waals surface area contributed by atoms with Gasteiger partial charge in [-0.05, 0) is 24.9 Å². The van der Waals surface area contributed by atoms with Gasteiger partial charge in [0.15, 0.2) is 0 Å². The molecule has 0 atom stereocenters. The van der Waals surface area contributed by atoms with Crippen molar-refractivity contribution in [3.05, 3.63) is 5.28 Å². The smallest absolute Gasteiger partial charge is 0.231 e. The Labute approximate surface area is 123 Å². The highest BCUT2D eigenvalue weighted by atomic mass is 35.5. The lowest BCUT2D eigenvalue weighted by molar-refractivity contribution is -0.128. The summed E-state index contributed by atoms with van der Waals surface area (Å²) in [7, 11) is 0. The van der Waals surface area contributed by atoms with E-state index in [9.17, 15) is 4.79 Å². The van der Waals surface area contributed by atoms with Gasteiger partial charge in [0, 0.05) is 39.6 Å². The van der Waals surface area contributed by atoms with Gasteiger partial charge in [-0.15, -0.1) is 0 Å². The monoisotopic (exact) mass is 298 g/mol. The normalized spacial score (nSPS) is 15.9. The molecule has 1 aliphatic rings. The fraction of sp³-hybridized carbons (Fsp3) is 0.667. The van der Waals surface area contributed by atoms with Gasteiger partial charge >= 0.3 is 0 Å². The summed E-state index contributed by atoms with van der Waals surface area (Å²) in [6, 6.07) is 0. The van der Waals surface area contributed by atoms with Crippen LogP contribution >= 0.6 is 11.6 Å². The molecular weight excluding hydrogens is 280 g/mol. The maximum absolute atomic E-state index is 11.4. The molecule has 2 heterocycles. The Morgan fingerprint density at radius 3 is 2.75 bits per heavy atom. The zero-order valence-electron chi connectivity index (χ0n) is 11.8. The average molecular weight is 299 g/mol. The van der Waals surface area contributed by atoms with E-state index in [1.54, 1.807) is 6.92 Å². The van der Waals surface area contributed by atoms with Gasteiger partial charge in [-0.1, -0.05) is 0 Å². The van der Waals surface area contributed by atoms with Crippen molar-refractivity contribution >= 4 is 29.4 Å². The minimum absolute atomic E-state index is 0.105. The Bertz CT molecular complexity index is 483. The van der Waals surface area contributed by atoms with Crippen LogP contribution in [-0.4, -0.2) is 58.5 Å². The van der Waals surface area contributed by atoms with Gasteiger partial charge in [0.1, 0.15) is 0 Å². The molecule has 0 unspecified atom stereocenters. The number of anilines is 2. The number of nitrogens with zero attached hydrogens (tertiary/aromatic N) is 5. The molecule has 110 valence electrons. The number of rotatable bonds is 3. The fourth-order valence-corrected chi connectivity index (χ4v) is 2.31. The number of halogens is 1. The summed E-state index contributed by atoms with van der Waals surface area (Å²) in [5, 5.41) is 3.21. The molecule has 1 N–H and O–H groups in total. The number of aromatic nitrogens is 3. The van der Waals surface area contributed by atoms with Crippen LogP contribution in [0.3, 0.4) is 0 Å². The highest BCUT2D eigenvalue weighted by Crippen LogP contribution is 2.15. The second kappa shape index (κ2) is 6.69. The molecule has 1 amide bonds. The van der Waals surface area contributed by atoms with Crippen molar-refractivity contribution in [2.45, 2.75) is 20.3 Å². The molecular formula is C12H19ClN6O. The van der Waals surface area contributed by atoms with Crippen molar-refractivity contribution in [2.24, 2.45) is 0 Å². The van der Waals surface area contributed by atoms with Crippen molar-refractivity contribution in [3.63, 3.8) is 0 Å². The summed E-state index contributed by atoms with van der Waals surface area (Å²) in [6.07, 6.45) is 0.888. The Morgan fingerprint density at radius 1 is 1.25 bits per heavy atom. The van der Waals surface area contributed by atoms with Crippen molar-refractivity contribution < 1.29 is 4.79 Å². The Balaban J connectivity index is 2.12. The summed E-state index contributed by atoms with van der Waals surface area (Å²) >= 11 is 5.93. The van der Waals surface area contributed by atoms with E-state index in [4.69, 9.17) is 11.6 Å². The van der Waals surface area contributed by atoms with Crippen LogP contribution in [0.4, 0.5) is 11.9 Å². The van der Waals surface area contributed by atoms with Crippen LogP contribution in [0.15, 0.2) is 0 Å². The molecule has 0 bridgehead atoms. The predicted octanol–water partition coefficient (Wildman–Crippen LogP) is 1.02. The lowest BCUT2D eigenvalue weighted by Gasteiger charge is -2.21. The van der Waals surface area contributed by atoms with Crippen LogP contribution in [0.25, 0.3) is 0 Å². The first-order valence-corrected chi connectivity index (χ1v) is 7.14. The molecule has 1 aromatic rings. The number of nitrogens with one attached hydrogen (secondary N) is 1. The Hall–Kier alpha value is -1.63. The largest absolute Gasteiger partial charge is 0.354 e. The first-order chi connectivity index (χ1) is 9.60. The van der Waals surface area contributed by atoms with Crippen molar-refractivity contribution in [2.75, 3.05) is 42.9 Å². The molecule has 7 nitrogen and oxygen atoms in total. The summed E-state index contributed by atoms with van der Waals surface area (Å²) in [5.74, 6) is 1.15. The van der Waals surface area contributed by atoms with Crippen LogP contribution in [0, 0.1) is 0 Å². The van der Waals surface area contributed by atoms with Crippen LogP contribution in [-0.2, 0) is 4.79 Å². The summed E-state index contributed by atoms with van der Waals surface area (Å²) in [5.41, 5.74) is 0. The van der Waals surface area contributed by atoms with E-state index in [0.29, 0.717) is 25.0 Å². The molecule has 8 heteroatoms. The standard InChI is InChI=1S/C12H19ClN6O/c1-3-14-11-15-10(13)16-12(17-11)19-6-4-5-18(7-8-19)9(2)20/h3-8H2,1-2H3,(H,14,15,16,17). The van der Waals surface area contributed by atoms with Gasteiger partial charge in [0.2, 0.25) is 23.1 Å². The first-order valence-electron chi connectivity index (χ1n) is 6.76. The van der Waals surface area contributed by atoms with E-state index in [-0.39, 0.29) is 11.2 Å². The van der Waals surface area contributed by atoms with Crippen LogP contribution < -0.4 is 10.2 Å². The molecule has 1 saturated heterocycles. The maximum atomic E-state index is 11.4. The minimum Gasteiger partial charge on any atom is -0.354 e. The van der Waals surface area contributed by atoms with Gasteiger partial charge in [-0.2, -0.15) is 15.0 Å². The number of amides is 1. The zero-order valence-corrected chi connectivity index (χ0v) is 12.5. The van der Waals surface area contributed by atoms with Gasteiger partial charge in [-0.25, -0.2) is 0 Å². The third kappa shape index (κ3) is 3.69. The lowest BCUT2D eigenvalue weighted by Crippen LogP contribution is -2.34. The summed E-state index contributed by atoms with van der Waals surface area (Å²) in [6.45, 7) is 7.23. The fourth-order valence-electron chi connectivity index (χ4n) is 2.15. The van der Waals surface area contributed by atoms with Crippen molar-refractivity contribution in [1.29, 1.82) is 0 Å². The quantitative estimate of drug-likeness (QED) is 0.898. The van der Waals surface area contributed by atoms with E-state index in [1.165, 1.54) is 0 Å². The molecule has 0 aromatic carbocycles. The van der Waals surface area contributed by atoms with Crippen LogP contribution in [0.2, 0.25) is 5.28 Å². The molecule has 2 rings (SSSR count). The SMILES string of the molecule is CCNc1nc(Cl)nc(N2CCCN(C(C)=O)CC2)n1. The van der Waals surface area contributed by atoms with E-state index in [1.807, 2.05) is 16.7 Å². The Morgan fingerprint density at radius 2 is 2.05 bits per heavy atom. The number of carbonyl (C=O) groups excluding carboxylic acids is 1. The summed E-state index contributed by atoms with van der Waals surface area (Å²) in [4.78, 5) is 27.9. The summed E-state index contributed by atoms with van der Waals surface area (Å²) < 4.78 is 0. The number of hydrogen-bond donors (Lipinski definition) is 1. The van der Waals surface area contributed by atoms with Crippen molar-refractivity contribution in [1.82, 2.24) is 19.9 Å². The predicted molar refractivity (Wildman–Crippen MR) is 78.1 cm³/mol. The third-order valence-electron chi connectivity index (χ3n) is 3.16. The second-order valence-corrected chi connectivity index (χ2v) is 4.94. The molecule has 0 aliphatic carbocycles. The molecule has 0 saturated carbocycles. The highest BCUT2D eigenvalue weighted by molar-refractivity contribution is 6.28. The van der Waals surface area contributed by atoms with Gasteiger partial charge in [0.25, 0.3) is 0 Å². The molecule has 20 heavy (non-hydrogen) atoms. The van der Waals surface area contributed by atoms with Gasteiger partial charge in [-0.3, -0.25) is 4.79 Å². The lowest BCUT2D eigenvalue weighted by atomic mass is 10.4. The third-order valence-corrected chi connectivity index (χ3v) is 3.32. The molecule has 1 aromatic heterocycles. The van der Waals surface area contributed by atoms with Gasteiger partial charge in [0.05, 0.1) is 0 Å². The van der Waals surface area contributed by atoms with Crippen LogP contribution in [0.1, 0.15) is 20.3 Å². The first kappa shape index (κ1) is 14.8. The van der Waals surface area contributed by atoms with Crippen LogP contribution in [0.5, 0.6) is 0 Å². The minimum atomic E-state index is 0.105. The molecule has 0 radical (unpaired) electrons. The highest BCUT2D eigenvalue weighted by Gasteiger charge is 2.19. The van der Waals surface area contributed by atoms with Gasteiger partial charge < -0.3 is 15.1 Å². The van der Waals surface area contributed by atoms with E-state index >= 15 is 0 Å². The molecule has 1 aliphatic heterocycles. The maximum Gasteiger partial charge on any atom is 0.231 e. The van der Waals surface area contributed by atoms with E-state index in [0.717, 1.165) is 26.1 Å². The topological polar surface area (TPSA) is 74.2 Å². The van der Waals surface area contributed by atoms with Crippen molar-refractivity contribution in [3.8, 4) is 0 Å². The Kier molecular flexibility index (Phi) is 4.94. The number of hydrogen-bond acceptors (Lipinski definition) is 6. The second-order valence-electron chi connectivity index (χ2n) is 4.61. The zero-order chi connectivity index (χ0) is 14.5. The number of carbonyl (C=O) groups is 1. The molecule has 0 spiro atoms. The van der Waals surface area contributed by atoms with E-state index in [2.05, 4.69) is 20.3 Å². The van der Waals surface area contributed by atoms with E-state index < -0.39 is 0 Å².